The smallest absolute Gasteiger partial charge is 0.247 e. The first-order chi connectivity index (χ1) is 15.2. The summed E-state index contributed by atoms with van der Waals surface area (Å²) in [4.78, 5) is 27.9. The molecule has 1 fully saturated rings. The lowest BCUT2D eigenvalue weighted by atomic mass is 9.95. The van der Waals surface area contributed by atoms with Crippen molar-refractivity contribution in [1.82, 2.24) is 14.5 Å². The highest BCUT2D eigenvalue weighted by molar-refractivity contribution is 7.89. The zero-order chi connectivity index (χ0) is 23.4. The van der Waals surface area contributed by atoms with Crippen LogP contribution in [0.2, 0.25) is 0 Å². The Bertz CT molecular complexity index is 1070. The topological polar surface area (TPSA) is 96.0 Å². The van der Waals surface area contributed by atoms with E-state index in [0.717, 1.165) is 9.87 Å². The maximum atomic E-state index is 13.4. The molecule has 0 radical (unpaired) electrons. The van der Waals surface area contributed by atoms with Crippen molar-refractivity contribution < 1.29 is 22.7 Å². The van der Waals surface area contributed by atoms with E-state index in [0.29, 0.717) is 18.7 Å². The molecule has 172 valence electrons. The average molecular weight is 460 g/mol. The molecular weight excluding hydrogens is 430 g/mol. The number of amides is 2. The van der Waals surface area contributed by atoms with Gasteiger partial charge in [-0.3, -0.25) is 9.59 Å². The second kappa shape index (κ2) is 9.70. The zero-order valence-electron chi connectivity index (χ0n) is 18.6. The van der Waals surface area contributed by atoms with Crippen LogP contribution in [-0.2, 0) is 26.2 Å². The van der Waals surface area contributed by atoms with Gasteiger partial charge in [-0.05, 0) is 31.5 Å². The van der Waals surface area contributed by atoms with Gasteiger partial charge in [-0.2, -0.15) is 4.31 Å². The van der Waals surface area contributed by atoms with E-state index in [1.165, 1.54) is 17.0 Å². The lowest BCUT2D eigenvalue weighted by molar-refractivity contribution is -0.152. The summed E-state index contributed by atoms with van der Waals surface area (Å²) in [7, 11) is -2.38. The number of sulfonamides is 1. The number of rotatable bonds is 8. The van der Waals surface area contributed by atoms with Crippen molar-refractivity contribution in [3.63, 3.8) is 0 Å². The second-order valence-electron chi connectivity index (χ2n) is 7.90. The first-order valence-electron chi connectivity index (χ1n) is 10.5. The van der Waals surface area contributed by atoms with Crippen molar-refractivity contribution in [3.05, 3.63) is 60.2 Å². The van der Waals surface area contributed by atoms with Gasteiger partial charge >= 0.3 is 0 Å². The third-order valence-corrected chi connectivity index (χ3v) is 7.45. The minimum absolute atomic E-state index is 0.0912. The van der Waals surface area contributed by atoms with E-state index in [1.54, 1.807) is 38.3 Å². The number of carbonyl (C=O) groups is 2. The van der Waals surface area contributed by atoms with Gasteiger partial charge in [0.05, 0.1) is 18.6 Å². The largest absolute Gasteiger partial charge is 0.496 e. The van der Waals surface area contributed by atoms with Crippen LogP contribution in [-0.4, -0.2) is 61.7 Å². The van der Waals surface area contributed by atoms with Crippen LogP contribution < -0.4 is 10.1 Å². The lowest BCUT2D eigenvalue weighted by Crippen LogP contribution is -2.69. The summed E-state index contributed by atoms with van der Waals surface area (Å²) in [5.41, 5.74) is -0.570. The Labute approximate surface area is 189 Å². The SMILES string of the molecule is CCCN1C(=O)CN(S(=O)(=O)c2ccccc2)C[C@@]1(C)C(=O)NCc1ccccc1OC. The third kappa shape index (κ3) is 4.63. The molecule has 9 heteroatoms. The Morgan fingerprint density at radius 1 is 1.12 bits per heavy atom. The van der Waals surface area contributed by atoms with E-state index in [9.17, 15) is 18.0 Å². The van der Waals surface area contributed by atoms with Crippen LogP contribution in [0.25, 0.3) is 0 Å². The fourth-order valence-electron chi connectivity index (χ4n) is 3.91. The number of carbonyl (C=O) groups excluding carboxylic acids is 2. The minimum atomic E-state index is -3.93. The molecule has 0 bridgehead atoms. The fourth-order valence-corrected chi connectivity index (χ4v) is 5.41. The predicted octanol–water partition coefficient (Wildman–Crippen LogP) is 2.01. The number of hydrogen-bond donors (Lipinski definition) is 1. The Morgan fingerprint density at radius 3 is 2.44 bits per heavy atom. The molecule has 1 atom stereocenters. The Hall–Kier alpha value is -2.91. The van der Waals surface area contributed by atoms with Crippen LogP contribution in [0.15, 0.2) is 59.5 Å². The fraction of sp³-hybridized carbons (Fsp3) is 0.391. The van der Waals surface area contributed by atoms with Crippen molar-refractivity contribution in [1.29, 1.82) is 0 Å². The Kier molecular flexibility index (Phi) is 7.20. The molecule has 2 amide bonds. The Balaban J connectivity index is 1.88. The van der Waals surface area contributed by atoms with Crippen LogP contribution >= 0.6 is 0 Å². The molecule has 0 aromatic heterocycles. The van der Waals surface area contributed by atoms with Crippen LogP contribution in [0, 0.1) is 0 Å². The van der Waals surface area contributed by atoms with Crippen LogP contribution in [0.5, 0.6) is 5.75 Å². The number of methoxy groups -OCH3 is 1. The van der Waals surface area contributed by atoms with Gasteiger partial charge in [0.25, 0.3) is 0 Å². The van der Waals surface area contributed by atoms with E-state index in [1.807, 2.05) is 25.1 Å². The standard InChI is InChI=1S/C23H29N3O5S/c1-4-14-26-21(27)16-25(32(29,30)19-11-6-5-7-12-19)17-23(26,2)22(28)24-15-18-10-8-9-13-20(18)31-3/h5-13H,4,14-17H2,1-3H3,(H,24,28)/t23-/m0/s1. The number of piperazine rings is 1. The highest BCUT2D eigenvalue weighted by atomic mass is 32.2. The van der Waals surface area contributed by atoms with Crippen LogP contribution in [0.1, 0.15) is 25.8 Å². The number of benzene rings is 2. The molecule has 0 unspecified atom stereocenters. The molecule has 2 aromatic rings. The minimum Gasteiger partial charge on any atom is -0.496 e. The molecule has 1 heterocycles. The van der Waals surface area contributed by atoms with Gasteiger partial charge in [0.15, 0.2) is 0 Å². The quantitative estimate of drug-likeness (QED) is 0.652. The summed E-state index contributed by atoms with van der Waals surface area (Å²) in [6.07, 6.45) is 0.645. The average Bonchev–Trinajstić information content (AvgIpc) is 2.80. The number of nitrogens with zero attached hydrogens (tertiary/aromatic N) is 2. The molecule has 1 aliphatic rings. The molecule has 2 aromatic carbocycles. The number of ether oxygens (including phenoxy) is 1. The summed E-state index contributed by atoms with van der Waals surface area (Å²) in [5.74, 6) is -0.179. The van der Waals surface area contributed by atoms with Crippen molar-refractivity contribution in [2.45, 2.75) is 37.2 Å². The summed E-state index contributed by atoms with van der Waals surface area (Å²) in [6.45, 7) is 3.65. The molecule has 0 spiro atoms. The molecule has 1 N–H and O–H groups in total. The second-order valence-corrected chi connectivity index (χ2v) is 9.84. The molecule has 0 saturated carbocycles. The Morgan fingerprint density at radius 2 is 1.78 bits per heavy atom. The number of para-hydroxylation sites is 1. The van der Waals surface area contributed by atoms with Gasteiger partial charge in [-0.1, -0.05) is 43.3 Å². The van der Waals surface area contributed by atoms with Gasteiger partial charge in [0, 0.05) is 25.2 Å². The van der Waals surface area contributed by atoms with E-state index in [4.69, 9.17) is 4.74 Å². The van der Waals surface area contributed by atoms with Gasteiger partial charge in [0.2, 0.25) is 21.8 Å². The molecular formula is C23H29N3O5S. The molecule has 1 saturated heterocycles. The van der Waals surface area contributed by atoms with E-state index < -0.39 is 27.4 Å². The van der Waals surface area contributed by atoms with Gasteiger partial charge in [0.1, 0.15) is 11.3 Å². The number of nitrogens with one attached hydrogen (secondary N) is 1. The van der Waals surface area contributed by atoms with E-state index in [2.05, 4.69) is 5.32 Å². The third-order valence-electron chi connectivity index (χ3n) is 5.64. The lowest BCUT2D eigenvalue weighted by Gasteiger charge is -2.46. The normalized spacial score (nSPS) is 19.6. The van der Waals surface area contributed by atoms with Crippen LogP contribution in [0.4, 0.5) is 0 Å². The first kappa shape index (κ1) is 23.7. The number of hydrogen-bond acceptors (Lipinski definition) is 5. The maximum Gasteiger partial charge on any atom is 0.247 e. The summed E-state index contributed by atoms with van der Waals surface area (Å²) in [6, 6.07) is 15.2. The monoisotopic (exact) mass is 459 g/mol. The van der Waals surface area contributed by atoms with Crippen molar-refractivity contribution in [2.24, 2.45) is 0 Å². The van der Waals surface area contributed by atoms with E-state index >= 15 is 0 Å². The molecule has 8 nitrogen and oxygen atoms in total. The summed E-state index contributed by atoms with van der Waals surface area (Å²) < 4.78 is 32.8. The summed E-state index contributed by atoms with van der Waals surface area (Å²) in [5, 5.41) is 2.87. The van der Waals surface area contributed by atoms with Crippen molar-refractivity contribution in [2.75, 3.05) is 26.7 Å². The molecule has 0 aliphatic carbocycles. The first-order valence-corrected chi connectivity index (χ1v) is 11.9. The maximum absolute atomic E-state index is 13.4. The molecule has 32 heavy (non-hydrogen) atoms. The van der Waals surface area contributed by atoms with Crippen LogP contribution in [0.3, 0.4) is 0 Å². The zero-order valence-corrected chi connectivity index (χ0v) is 19.4. The summed E-state index contributed by atoms with van der Waals surface area (Å²) >= 11 is 0. The predicted molar refractivity (Wildman–Crippen MR) is 120 cm³/mol. The van der Waals surface area contributed by atoms with Crippen molar-refractivity contribution in [3.8, 4) is 5.75 Å². The van der Waals surface area contributed by atoms with Gasteiger partial charge in [-0.25, -0.2) is 8.42 Å². The molecule has 3 rings (SSSR count). The van der Waals surface area contributed by atoms with Gasteiger partial charge in [-0.15, -0.1) is 0 Å². The highest BCUT2D eigenvalue weighted by Gasteiger charge is 2.50. The van der Waals surface area contributed by atoms with Crippen molar-refractivity contribution >= 4 is 21.8 Å². The molecule has 1 aliphatic heterocycles. The highest BCUT2D eigenvalue weighted by Crippen LogP contribution is 2.28. The van der Waals surface area contributed by atoms with E-state index in [-0.39, 0.29) is 24.5 Å². The van der Waals surface area contributed by atoms with Gasteiger partial charge < -0.3 is 15.0 Å².